The number of methoxy groups -OCH3 is 1. The highest BCUT2D eigenvalue weighted by atomic mass is 79.9. The van der Waals surface area contributed by atoms with E-state index >= 15 is 0 Å². The summed E-state index contributed by atoms with van der Waals surface area (Å²) in [5.41, 5.74) is -0.486. The number of rotatable bonds is 3. The predicted octanol–water partition coefficient (Wildman–Crippen LogP) is 2.92. The molecule has 0 heterocycles. The molecule has 0 spiro atoms. The van der Waals surface area contributed by atoms with E-state index in [4.69, 9.17) is 9.84 Å². The molecule has 0 amide bonds. The van der Waals surface area contributed by atoms with E-state index < -0.39 is 29.1 Å². The van der Waals surface area contributed by atoms with Gasteiger partial charge in [0.15, 0.2) is 0 Å². The van der Waals surface area contributed by atoms with Crippen LogP contribution in [0.3, 0.4) is 0 Å². The second-order valence-electron chi connectivity index (χ2n) is 3.16. The standard InChI is InChI=1S/C10H9BrF2O3/c1-4(10(14)15)7-5(12)3-6(16-2)8(11)9(7)13/h3-4H,1-2H3,(H,14,15). The molecule has 16 heavy (non-hydrogen) atoms. The average Bonchev–Trinajstić information content (AvgIpc) is 2.23. The van der Waals surface area contributed by atoms with Crippen molar-refractivity contribution in [3.05, 3.63) is 27.7 Å². The largest absolute Gasteiger partial charge is 0.495 e. The third kappa shape index (κ3) is 2.16. The van der Waals surface area contributed by atoms with Crippen LogP contribution in [-0.2, 0) is 4.79 Å². The predicted molar refractivity (Wildman–Crippen MR) is 56.7 cm³/mol. The van der Waals surface area contributed by atoms with Crippen molar-refractivity contribution in [2.24, 2.45) is 0 Å². The highest BCUT2D eigenvalue weighted by molar-refractivity contribution is 9.10. The number of halogens is 3. The van der Waals surface area contributed by atoms with Crippen molar-refractivity contribution in [2.45, 2.75) is 12.8 Å². The first kappa shape index (κ1) is 12.9. The van der Waals surface area contributed by atoms with Gasteiger partial charge in [-0.3, -0.25) is 4.79 Å². The lowest BCUT2D eigenvalue weighted by molar-refractivity contribution is -0.138. The molecule has 0 bridgehead atoms. The fourth-order valence-electron chi connectivity index (χ4n) is 1.26. The Balaban J connectivity index is 3.41. The Hall–Kier alpha value is -1.17. The fraction of sp³-hybridized carbons (Fsp3) is 0.300. The van der Waals surface area contributed by atoms with Crippen molar-refractivity contribution in [3.63, 3.8) is 0 Å². The van der Waals surface area contributed by atoms with Crippen molar-refractivity contribution >= 4 is 21.9 Å². The van der Waals surface area contributed by atoms with Crippen LogP contribution >= 0.6 is 15.9 Å². The monoisotopic (exact) mass is 294 g/mol. The van der Waals surface area contributed by atoms with Crippen LogP contribution in [0.4, 0.5) is 8.78 Å². The molecular formula is C10H9BrF2O3. The number of hydrogen-bond acceptors (Lipinski definition) is 2. The molecule has 0 saturated carbocycles. The minimum absolute atomic E-state index is 0.0173. The van der Waals surface area contributed by atoms with E-state index in [1.165, 1.54) is 14.0 Å². The third-order valence-corrected chi connectivity index (χ3v) is 2.92. The maximum atomic E-state index is 13.7. The molecular weight excluding hydrogens is 286 g/mol. The lowest BCUT2D eigenvalue weighted by Crippen LogP contribution is -2.12. The van der Waals surface area contributed by atoms with Crippen molar-refractivity contribution in [1.29, 1.82) is 0 Å². The molecule has 1 atom stereocenters. The summed E-state index contributed by atoms with van der Waals surface area (Å²) in [4.78, 5) is 10.7. The van der Waals surface area contributed by atoms with Gasteiger partial charge in [0.2, 0.25) is 0 Å². The van der Waals surface area contributed by atoms with Gasteiger partial charge in [-0.2, -0.15) is 0 Å². The van der Waals surface area contributed by atoms with E-state index in [-0.39, 0.29) is 10.2 Å². The van der Waals surface area contributed by atoms with Crippen molar-refractivity contribution < 1.29 is 23.4 Å². The first-order chi connectivity index (χ1) is 7.40. The zero-order valence-electron chi connectivity index (χ0n) is 8.55. The van der Waals surface area contributed by atoms with E-state index in [1.807, 2.05) is 0 Å². The summed E-state index contributed by atoms with van der Waals surface area (Å²) in [5.74, 6) is -4.47. The Labute approximate surface area is 99.2 Å². The maximum Gasteiger partial charge on any atom is 0.310 e. The minimum Gasteiger partial charge on any atom is -0.495 e. The van der Waals surface area contributed by atoms with E-state index in [1.54, 1.807) is 0 Å². The molecule has 1 aromatic carbocycles. The van der Waals surface area contributed by atoms with Gasteiger partial charge >= 0.3 is 5.97 Å². The van der Waals surface area contributed by atoms with Crippen LogP contribution < -0.4 is 4.74 Å². The van der Waals surface area contributed by atoms with Gasteiger partial charge in [0.25, 0.3) is 0 Å². The highest BCUT2D eigenvalue weighted by Gasteiger charge is 2.26. The van der Waals surface area contributed by atoms with Gasteiger partial charge < -0.3 is 9.84 Å². The van der Waals surface area contributed by atoms with Crippen LogP contribution in [0.25, 0.3) is 0 Å². The summed E-state index contributed by atoms with van der Waals surface area (Å²) in [5, 5.41) is 8.72. The van der Waals surface area contributed by atoms with Gasteiger partial charge in [-0.1, -0.05) is 0 Å². The number of hydrogen-bond donors (Lipinski definition) is 1. The van der Waals surface area contributed by atoms with Crippen LogP contribution in [-0.4, -0.2) is 18.2 Å². The van der Waals surface area contributed by atoms with Gasteiger partial charge in [0, 0.05) is 11.6 Å². The van der Waals surface area contributed by atoms with Crippen molar-refractivity contribution in [1.82, 2.24) is 0 Å². The van der Waals surface area contributed by atoms with E-state index in [2.05, 4.69) is 15.9 Å². The number of carboxylic acids is 1. The average molecular weight is 295 g/mol. The van der Waals surface area contributed by atoms with Gasteiger partial charge in [0.05, 0.1) is 17.5 Å². The molecule has 1 unspecified atom stereocenters. The van der Waals surface area contributed by atoms with Crippen LogP contribution in [0.1, 0.15) is 18.4 Å². The first-order valence-electron chi connectivity index (χ1n) is 4.34. The Bertz CT molecular complexity index is 435. The van der Waals surface area contributed by atoms with Gasteiger partial charge in [-0.05, 0) is 22.9 Å². The molecule has 0 radical (unpaired) electrons. The second-order valence-corrected chi connectivity index (χ2v) is 3.96. The molecule has 0 saturated heterocycles. The van der Waals surface area contributed by atoms with E-state index in [0.717, 1.165) is 6.07 Å². The van der Waals surface area contributed by atoms with Crippen LogP contribution in [0.2, 0.25) is 0 Å². The summed E-state index contributed by atoms with van der Waals surface area (Å²) in [6, 6.07) is 0.946. The lowest BCUT2D eigenvalue weighted by Gasteiger charge is -2.13. The van der Waals surface area contributed by atoms with E-state index in [0.29, 0.717) is 0 Å². The molecule has 0 fully saturated rings. The fourth-order valence-corrected chi connectivity index (χ4v) is 1.75. The van der Waals surface area contributed by atoms with Crippen molar-refractivity contribution in [2.75, 3.05) is 7.11 Å². The minimum atomic E-state index is -1.30. The summed E-state index contributed by atoms with van der Waals surface area (Å²) < 4.78 is 31.8. The topological polar surface area (TPSA) is 46.5 Å². The SMILES string of the molecule is COc1cc(F)c(C(C)C(=O)O)c(F)c1Br. The molecule has 1 N–H and O–H groups in total. The number of carbonyl (C=O) groups is 1. The Kier molecular flexibility index (Phi) is 3.85. The molecule has 0 aliphatic carbocycles. The number of aliphatic carboxylic acids is 1. The molecule has 1 aromatic rings. The maximum absolute atomic E-state index is 13.7. The van der Waals surface area contributed by atoms with Crippen LogP contribution in [0.15, 0.2) is 10.5 Å². The highest BCUT2D eigenvalue weighted by Crippen LogP contribution is 2.35. The Morgan fingerprint density at radius 2 is 2.12 bits per heavy atom. The smallest absolute Gasteiger partial charge is 0.310 e. The zero-order valence-corrected chi connectivity index (χ0v) is 10.1. The number of ether oxygens (including phenoxy) is 1. The normalized spacial score (nSPS) is 12.3. The summed E-state index contributed by atoms with van der Waals surface area (Å²) in [6.07, 6.45) is 0. The number of benzene rings is 1. The first-order valence-corrected chi connectivity index (χ1v) is 5.13. The van der Waals surface area contributed by atoms with Crippen LogP contribution in [0, 0.1) is 11.6 Å². The lowest BCUT2D eigenvalue weighted by atomic mass is 10.00. The zero-order chi connectivity index (χ0) is 12.5. The molecule has 88 valence electrons. The molecule has 3 nitrogen and oxygen atoms in total. The number of carboxylic acid groups (broad SMARTS) is 1. The Morgan fingerprint density at radius 1 is 1.56 bits per heavy atom. The molecule has 0 aromatic heterocycles. The molecule has 1 rings (SSSR count). The van der Waals surface area contributed by atoms with Gasteiger partial charge in [0.1, 0.15) is 17.4 Å². The van der Waals surface area contributed by atoms with E-state index in [9.17, 15) is 13.6 Å². The Morgan fingerprint density at radius 3 is 2.56 bits per heavy atom. The molecule has 0 aliphatic rings. The summed E-state index contributed by atoms with van der Waals surface area (Å²) in [7, 11) is 1.26. The summed E-state index contributed by atoms with van der Waals surface area (Å²) in [6.45, 7) is 1.21. The third-order valence-electron chi connectivity index (χ3n) is 2.18. The summed E-state index contributed by atoms with van der Waals surface area (Å²) >= 11 is 2.88. The molecule has 0 aliphatic heterocycles. The van der Waals surface area contributed by atoms with Crippen LogP contribution in [0.5, 0.6) is 5.75 Å². The van der Waals surface area contributed by atoms with Crippen molar-refractivity contribution in [3.8, 4) is 5.75 Å². The molecule has 6 heteroatoms. The second kappa shape index (κ2) is 4.78. The van der Waals surface area contributed by atoms with Gasteiger partial charge in [-0.25, -0.2) is 8.78 Å². The van der Waals surface area contributed by atoms with Gasteiger partial charge in [-0.15, -0.1) is 0 Å². The quantitative estimate of drug-likeness (QED) is 0.872.